The van der Waals surface area contributed by atoms with Crippen LogP contribution in [0.3, 0.4) is 0 Å². The number of carbonyl (C=O) groups is 1. The Balaban J connectivity index is 1.27. The zero-order valence-electron chi connectivity index (χ0n) is 18.7. The molecular weight excluding hydrogens is 468 g/mol. The number of carbonyl (C=O) groups excluding carboxylic acids is 1. The Kier molecular flexibility index (Phi) is 5.19. The fourth-order valence-electron chi connectivity index (χ4n) is 4.51. The number of hydrogen-bond acceptors (Lipinski definition) is 8. The standard InChI is InChI=1S/C23H22N8O3S/c32-22-18-5-4-15(10-16(18)11-24-22)20-7-6-19(21-27-14-28-31(20)21)29-17-12-25-23(26-13-17)35(33,34)30-8-2-1-3-9-30/h4-7,10,12-14,29H,1-3,8-9,11H2,(H,24,32). The Morgan fingerprint density at radius 1 is 0.971 bits per heavy atom. The van der Waals surface area contributed by atoms with E-state index in [-0.39, 0.29) is 11.1 Å². The summed E-state index contributed by atoms with van der Waals surface area (Å²) in [7, 11) is -3.69. The Morgan fingerprint density at radius 3 is 2.57 bits per heavy atom. The van der Waals surface area contributed by atoms with Crippen LogP contribution in [0.2, 0.25) is 0 Å². The molecule has 12 heteroatoms. The normalized spacial score (nSPS) is 16.3. The second-order valence-corrected chi connectivity index (χ2v) is 10.4. The molecule has 0 radical (unpaired) electrons. The van der Waals surface area contributed by atoms with E-state index in [1.807, 2.05) is 30.3 Å². The molecule has 1 amide bonds. The summed E-state index contributed by atoms with van der Waals surface area (Å²) in [6.07, 6.45) is 7.11. The Labute approximate surface area is 201 Å². The number of rotatable bonds is 5. The van der Waals surface area contributed by atoms with E-state index in [1.54, 1.807) is 4.52 Å². The first-order valence-corrected chi connectivity index (χ1v) is 12.8. The number of fused-ring (bicyclic) bond motifs is 2. The van der Waals surface area contributed by atoms with Gasteiger partial charge in [0.05, 0.1) is 29.5 Å². The number of aromatic nitrogens is 5. The SMILES string of the molecule is O=C1NCc2cc(-c3ccc(Nc4cnc(S(=O)(=O)N5CCCCC5)nc4)c4ncnn34)ccc21. The van der Waals surface area contributed by atoms with E-state index >= 15 is 0 Å². The zero-order chi connectivity index (χ0) is 24.0. The van der Waals surface area contributed by atoms with Crippen LogP contribution in [0.1, 0.15) is 35.2 Å². The van der Waals surface area contributed by atoms with Crippen LogP contribution in [0, 0.1) is 0 Å². The van der Waals surface area contributed by atoms with Gasteiger partial charge in [0, 0.05) is 30.8 Å². The smallest absolute Gasteiger partial charge is 0.278 e. The quantitative estimate of drug-likeness (QED) is 0.407. The lowest BCUT2D eigenvalue weighted by Crippen LogP contribution is -2.36. The van der Waals surface area contributed by atoms with Gasteiger partial charge in [0.1, 0.15) is 6.33 Å². The lowest BCUT2D eigenvalue weighted by atomic mass is 10.0. The van der Waals surface area contributed by atoms with Crippen molar-refractivity contribution in [1.82, 2.24) is 34.2 Å². The molecule has 5 heterocycles. The fourth-order valence-corrected chi connectivity index (χ4v) is 5.85. The number of benzene rings is 1. The van der Waals surface area contributed by atoms with Crippen LogP contribution in [0.5, 0.6) is 0 Å². The molecular formula is C23H22N8O3S. The van der Waals surface area contributed by atoms with Gasteiger partial charge in [0.15, 0.2) is 5.65 Å². The number of amides is 1. The number of sulfonamides is 1. The summed E-state index contributed by atoms with van der Waals surface area (Å²) in [6, 6.07) is 9.47. The maximum atomic E-state index is 12.8. The average Bonchev–Trinajstić information content (AvgIpc) is 3.52. The third-order valence-corrected chi connectivity index (χ3v) is 8.02. The van der Waals surface area contributed by atoms with Gasteiger partial charge in [-0.3, -0.25) is 4.79 Å². The lowest BCUT2D eigenvalue weighted by Gasteiger charge is -2.24. The van der Waals surface area contributed by atoms with Crippen LogP contribution in [0.15, 0.2) is 54.2 Å². The molecule has 11 nitrogen and oxygen atoms in total. The summed E-state index contributed by atoms with van der Waals surface area (Å²) in [5.74, 6) is -0.0611. The number of hydrogen-bond donors (Lipinski definition) is 2. The minimum atomic E-state index is -3.69. The maximum Gasteiger partial charge on any atom is 0.278 e. The third-order valence-electron chi connectivity index (χ3n) is 6.30. The van der Waals surface area contributed by atoms with Crippen molar-refractivity contribution in [2.75, 3.05) is 18.4 Å². The van der Waals surface area contributed by atoms with Gasteiger partial charge in [-0.05, 0) is 42.7 Å². The van der Waals surface area contributed by atoms with Gasteiger partial charge in [0.25, 0.3) is 21.1 Å². The molecule has 0 spiro atoms. The minimum Gasteiger partial charge on any atom is -0.350 e. The van der Waals surface area contributed by atoms with Crippen molar-refractivity contribution in [3.8, 4) is 11.3 Å². The molecule has 2 N–H and O–H groups in total. The molecule has 2 aliphatic rings. The molecule has 2 aliphatic heterocycles. The van der Waals surface area contributed by atoms with Crippen LogP contribution in [-0.4, -0.2) is 56.3 Å². The van der Waals surface area contributed by atoms with E-state index in [4.69, 9.17) is 0 Å². The third kappa shape index (κ3) is 3.80. The molecule has 4 aromatic rings. The molecule has 1 aromatic carbocycles. The van der Waals surface area contributed by atoms with Gasteiger partial charge >= 0.3 is 0 Å². The Morgan fingerprint density at radius 2 is 1.77 bits per heavy atom. The first-order valence-electron chi connectivity index (χ1n) is 11.3. The predicted molar refractivity (Wildman–Crippen MR) is 128 cm³/mol. The monoisotopic (exact) mass is 490 g/mol. The van der Waals surface area contributed by atoms with Gasteiger partial charge in [-0.2, -0.15) is 9.40 Å². The van der Waals surface area contributed by atoms with Crippen molar-refractivity contribution >= 4 is 33.0 Å². The van der Waals surface area contributed by atoms with Crippen molar-refractivity contribution in [1.29, 1.82) is 0 Å². The molecule has 0 bridgehead atoms. The van der Waals surface area contributed by atoms with Crippen molar-refractivity contribution in [2.45, 2.75) is 31.0 Å². The number of nitrogens with zero attached hydrogens (tertiary/aromatic N) is 6. The van der Waals surface area contributed by atoms with E-state index in [1.165, 1.54) is 23.0 Å². The molecule has 1 fully saturated rings. The highest BCUT2D eigenvalue weighted by molar-refractivity contribution is 7.88. The minimum absolute atomic E-state index is 0.0611. The average molecular weight is 491 g/mol. The van der Waals surface area contributed by atoms with Crippen LogP contribution < -0.4 is 10.6 Å². The zero-order valence-corrected chi connectivity index (χ0v) is 19.5. The van der Waals surface area contributed by atoms with Gasteiger partial charge in [-0.1, -0.05) is 12.5 Å². The van der Waals surface area contributed by atoms with Gasteiger partial charge in [-0.15, -0.1) is 0 Å². The molecule has 1 saturated heterocycles. The Bertz CT molecular complexity index is 1540. The van der Waals surface area contributed by atoms with Crippen LogP contribution in [-0.2, 0) is 16.6 Å². The van der Waals surface area contributed by atoms with Crippen molar-refractivity contribution in [3.05, 3.63) is 60.2 Å². The lowest BCUT2D eigenvalue weighted by molar-refractivity contribution is 0.0965. The first kappa shape index (κ1) is 21.6. The summed E-state index contributed by atoms with van der Waals surface area (Å²) >= 11 is 0. The van der Waals surface area contributed by atoms with Crippen molar-refractivity contribution in [2.24, 2.45) is 0 Å². The van der Waals surface area contributed by atoms with Crippen LogP contribution in [0.4, 0.5) is 11.4 Å². The number of nitrogens with one attached hydrogen (secondary N) is 2. The molecule has 3 aromatic heterocycles. The van der Waals surface area contributed by atoms with Gasteiger partial charge in [0.2, 0.25) is 0 Å². The highest BCUT2D eigenvalue weighted by Crippen LogP contribution is 2.29. The van der Waals surface area contributed by atoms with Crippen LogP contribution in [0.25, 0.3) is 16.9 Å². The second-order valence-electron chi connectivity index (χ2n) is 8.53. The summed E-state index contributed by atoms with van der Waals surface area (Å²) < 4.78 is 28.7. The van der Waals surface area contributed by atoms with Crippen molar-refractivity contribution in [3.63, 3.8) is 0 Å². The van der Waals surface area contributed by atoms with E-state index in [0.29, 0.717) is 42.2 Å². The highest BCUT2D eigenvalue weighted by Gasteiger charge is 2.28. The summed E-state index contributed by atoms with van der Waals surface area (Å²) in [5.41, 5.74) is 5.15. The van der Waals surface area contributed by atoms with Gasteiger partial charge in [-0.25, -0.2) is 27.9 Å². The molecule has 0 aliphatic carbocycles. The van der Waals surface area contributed by atoms with Crippen molar-refractivity contribution < 1.29 is 13.2 Å². The second kappa shape index (κ2) is 8.40. The van der Waals surface area contributed by atoms with Gasteiger partial charge < -0.3 is 10.6 Å². The molecule has 6 rings (SSSR count). The first-order chi connectivity index (χ1) is 17.0. The molecule has 0 atom stereocenters. The summed E-state index contributed by atoms with van der Waals surface area (Å²) in [5, 5.41) is 10.2. The summed E-state index contributed by atoms with van der Waals surface area (Å²) in [6.45, 7) is 1.51. The predicted octanol–water partition coefficient (Wildman–Crippen LogP) is 2.35. The summed E-state index contributed by atoms with van der Waals surface area (Å²) in [4.78, 5) is 24.5. The van der Waals surface area contributed by atoms with E-state index in [0.717, 1.165) is 36.1 Å². The number of anilines is 2. The Hall–Kier alpha value is -3.90. The molecule has 0 saturated carbocycles. The number of pyridine rings is 1. The topological polar surface area (TPSA) is 134 Å². The fraction of sp³-hybridized carbons (Fsp3) is 0.261. The number of piperidine rings is 1. The van der Waals surface area contributed by atoms with E-state index < -0.39 is 10.0 Å². The van der Waals surface area contributed by atoms with E-state index in [9.17, 15) is 13.2 Å². The molecule has 35 heavy (non-hydrogen) atoms. The largest absolute Gasteiger partial charge is 0.350 e. The van der Waals surface area contributed by atoms with E-state index in [2.05, 4.69) is 30.7 Å². The molecule has 178 valence electrons. The highest BCUT2D eigenvalue weighted by atomic mass is 32.2. The molecule has 0 unspecified atom stereocenters. The maximum absolute atomic E-state index is 12.8. The van der Waals surface area contributed by atoms with Crippen LogP contribution >= 0.6 is 0 Å².